The summed E-state index contributed by atoms with van der Waals surface area (Å²) in [5.41, 5.74) is 7.14. The zero-order valence-electron chi connectivity index (χ0n) is 8.52. The Morgan fingerprint density at radius 2 is 2.20 bits per heavy atom. The molecule has 0 amide bonds. The number of aromatic nitrogens is 1. The highest BCUT2D eigenvalue weighted by Gasteiger charge is 2.34. The van der Waals surface area contributed by atoms with Gasteiger partial charge in [0, 0.05) is 18.7 Å². The van der Waals surface area contributed by atoms with Crippen molar-refractivity contribution < 1.29 is 5.11 Å². The molecule has 1 unspecified atom stereocenters. The molecular formula is C10H15N3OS. The number of aliphatic hydroxyl groups is 1. The Bertz CT molecular complexity index is 375. The summed E-state index contributed by atoms with van der Waals surface area (Å²) in [7, 11) is 0. The summed E-state index contributed by atoms with van der Waals surface area (Å²) in [4.78, 5) is 2.23. The van der Waals surface area contributed by atoms with E-state index in [0.717, 1.165) is 19.5 Å². The molecule has 15 heavy (non-hydrogen) atoms. The smallest absolute Gasteiger partial charge is 0.142 e. The van der Waals surface area contributed by atoms with Gasteiger partial charge in [0.05, 0.1) is 6.10 Å². The number of nitrogens with two attached hydrogens (primary N) is 1. The molecule has 2 fully saturated rings. The lowest BCUT2D eigenvalue weighted by Gasteiger charge is -2.16. The zero-order valence-corrected chi connectivity index (χ0v) is 9.33. The normalized spacial score (nSPS) is 26.2. The Kier molecular flexibility index (Phi) is 2.10. The van der Waals surface area contributed by atoms with E-state index in [1.807, 2.05) is 0 Å². The van der Waals surface area contributed by atoms with Crippen LogP contribution in [0.3, 0.4) is 0 Å². The van der Waals surface area contributed by atoms with Crippen molar-refractivity contribution in [2.75, 3.05) is 23.7 Å². The van der Waals surface area contributed by atoms with Crippen LogP contribution >= 0.6 is 11.5 Å². The van der Waals surface area contributed by atoms with E-state index in [1.165, 1.54) is 34.9 Å². The van der Waals surface area contributed by atoms with Crippen LogP contribution in [0.2, 0.25) is 0 Å². The second-order valence-corrected chi connectivity index (χ2v) is 5.20. The van der Waals surface area contributed by atoms with E-state index in [-0.39, 0.29) is 6.10 Å². The van der Waals surface area contributed by atoms with E-state index in [9.17, 15) is 5.11 Å². The van der Waals surface area contributed by atoms with Gasteiger partial charge in [-0.25, -0.2) is 0 Å². The fraction of sp³-hybridized carbons (Fsp3) is 0.700. The number of nitrogen functional groups attached to an aromatic ring is 1. The van der Waals surface area contributed by atoms with Gasteiger partial charge in [0.25, 0.3) is 0 Å². The Morgan fingerprint density at radius 1 is 1.40 bits per heavy atom. The van der Waals surface area contributed by atoms with E-state index in [0.29, 0.717) is 11.7 Å². The Balaban J connectivity index is 1.90. The van der Waals surface area contributed by atoms with Crippen LogP contribution < -0.4 is 10.6 Å². The molecule has 5 heteroatoms. The largest absolute Gasteiger partial charge is 0.391 e. The maximum atomic E-state index is 9.52. The van der Waals surface area contributed by atoms with Crippen LogP contribution in [0.25, 0.3) is 0 Å². The van der Waals surface area contributed by atoms with Crippen LogP contribution in [-0.4, -0.2) is 28.7 Å². The molecule has 1 aliphatic heterocycles. The highest BCUT2D eigenvalue weighted by Crippen LogP contribution is 2.49. The molecule has 4 nitrogen and oxygen atoms in total. The average Bonchev–Trinajstić information content (AvgIpc) is 2.84. The van der Waals surface area contributed by atoms with Gasteiger partial charge in [-0.05, 0) is 36.7 Å². The van der Waals surface area contributed by atoms with Crippen molar-refractivity contribution in [1.82, 2.24) is 4.37 Å². The number of nitrogens with zero attached hydrogens (tertiary/aromatic N) is 2. The Hall–Kier alpha value is -0.810. The first-order chi connectivity index (χ1) is 7.25. The highest BCUT2D eigenvalue weighted by molar-refractivity contribution is 7.10. The third-order valence-corrected chi connectivity index (χ3v) is 4.11. The first kappa shape index (κ1) is 9.42. The lowest BCUT2D eigenvalue weighted by atomic mass is 10.2. The molecule has 0 bridgehead atoms. The molecular weight excluding hydrogens is 210 g/mol. The van der Waals surface area contributed by atoms with Crippen molar-refractivity contribution in [2.45, 2.75) is 31.3 Å². The maximum Gasteiger partial charge on any atom is 0.142 e. The summed E-state index contributed by atoms with van der Waals surface area (Å²) < 4.78 is 4.24. The zero-order chi connectivity index (χ0) is 10.4. The van der Waals surface area contributed by atoms with Gasteiger partial charge in [0.1, 0.15) is 10.8 Å². The van der Waals surface area contributed by atoms with E-state index in [4.69, 9.17) is 5.73 Å². The van der Waals surface area contributed by atoms with Crippen molar-refractivity contribution >= 4 is 22.4 Å². The molecule has 0 radical (unpaired) electrons. The number of anilines is 2. The van der Waals surface area contributed by atoms with Crippen molar-refractivity contribution in [3.63, 3.8) is 0 Å². The van der Waals surface area contributed by atoms with Crippen LogP contribution in [0.15, 0.2) is 0 Å². The van der Waals surface area contributed by atoms with Gasteiger partial charge in [-0.2, -0.15) is 4.37 Å². The number of β-amino-alcohol motifs (C(OH)–C–C–N with tert-alkyl or cyclic N) is 1. The average molecular weight is 225 g/mol. The van der Waals surface area contributed by atoms with E-state index in [1.54, 1.807) is 0 Å². The summed E-state index contributed by atoms with van der Waals surface area (Å²) in [6, 6.07) is 0. The number of hydrogen-bond donors (Lipinski definition) is 2. The standard InChI is InChI=1S/C10H15N3OS/c11-9-8(6-1-2-6)10(15-12-9)13-4-3-7(14)5-13/h6-7,14H,1-5H2,(H2,11,12). The second-order valence-electron chi connectivity index (χ2n) is 4.45. The number of hydrogen-bond acceptors (Lipinski definition) is 5. The summed E-state index contributed by atoms with van der Waals surface area (Å²) in [6.45, 7) is 1.67. The first-order valence-electron chi connectivity index (χ1n) is 5.43. The quantitative estimate of drug-likeness (QED) is 0.793. The van der Waals surface area contributed by atoms with E-state index in [2.05, 4.69) is 9.27 Å². The molecule has 1 saturated heterocycles. The summed E-state index contributed by atoms with van der Waals surface area (Å²) >= 11 is 1.48. The van der Waals surface area contributed by atoms with Crippen molar-refractivity contribution in [3.05, 3.63) is 5.56 Å². The van der Waals surface area contributed by atoms with Gasteiger partial charge < -0.3 is 15.7 Å². The summed E-state index contributed by atoms with van der Waals surface area (Å²) in [5, 5.41) is 10.7. The minimum atomic E-state index is -0.180. The van der Waals surface area contributed by atoms with E-state index >= 15 is 0 Å². The van der Waals surface area contributed by atoms with E-state index < -0.39 is 0 Å². The third kappa shape index (κ3) is 1.59. The van der Waals surface area contributed by atoms with Crippen LogP contribution in [0.1, 0.15) is 30.7 Å². The highest BCUT2D eigenvalue weighted by atomic mass is 32.1. The van der Waals surface area contributed by atoms with Crippen LogP contribution in [0.4, 0.5) is 10.8 Å². The lowest BCUT2D eigenvalue weighted by molar-refractivity contribution is 0.198. The molecule has 1 aliphatic carbocycles. The number of rotatable bonds is 2. The second kappa shape index (κ2) is 3.35. The SMILES string of the molecule is Nc1nsc(N2CCC(O)C2)c1C1CC1. The molecule has 82 valence electrons. The fourth-order valence-corrected chi connectivity index (χ4v) is 3.14. The fourth-order valence-electron chi connectivity index (χ4n) is 2.21. The van der Waals surface area contributed by atoms with Crippen LogP contribution in [-0.2, 0) is 0 Å². The van der Waals surface area contributed by atoms with Gasteiger partial charge in [-0.1, -0.05) is 0 Å². The van der Waals surface area contributed by atoms with Crippen LogP contribution in [0, 0.1) is 0 Å². The molecule has 3 rings (SSSR count). The summed E-state index contributed by atoms with van der Waals surface area (Å²) in [6.07, 6.45) is 3.17. The van der Waals surface area contributed by atoms with Crippen LogP contribution in [0.5, 0.6) is 0 Å². The van der Waals surface area contributed by atoms with Crippen molar-refractivity contribution in [3.8, 4) is 0 Å². The lowest BCUT2D eigenvalue weighted by Crippen LogP contribution is -2.21. The van der Waals surface area contributed by atoms with Crippen molar-refractivity contribution in [1.29, 1.82) is 0 Å². The third-order valence-electron chi connectivity index (χ3n) is 3.17. The molecule has 3 N–H and O–H groups in total. The van der Waals surface area contributed by atoms with Gasteiger partial charge in [0.15, 0.2) is 0 Å². The molecule has 1 atom stereocenters. The molecule has 2 aliphatic rings. The predicted molar refractivity (Wildman–Crippen MR) is 61.3 cm³/mol. The molecule has 1 aromatic heterocycles. The molecule has 0 aromatic carbocycles. The Morgan fingerprint density at radius 3 is 2.80 bits per heavy atom. The molecule has 0 spiro atoms. The topological polar surface area (TPSA) is 62.4 Å². The monoisotopic (exact) mass is 225 g/mol. The minimum absolute atomic E-state index is 0.180. The Labute approximate surface area is 92.9 Å². The molecule has 2 heterocycles. The first-order valence-corrected chi connectivity index (χ1v) is 6.21. The molecule has 1 saturated carbocycles. The van der Waals surface area contributed by atoms with Gasteiger partial charge in [-0.15, -0.1) is 0 Å². The van der Waals surface area contributed by atoms with Gasteiger partial charge in [0.2, 0.25) is 0 Å². The van der Waals surface area contributed by atoms with Crippen molar-refractivity contribution in [2.24, 2.45) is 0 Å². The molecule has 1 aromatic rings. The number of aliphatic hydroxyl groups excluding tert-OH is 1. The minimum Gasteiger partial charge on any atom is -0.391 e. The van der Waals surface area contributed by atoms with Gasteiger partial charge >= 0.3 is 0 Å². The van der Waals surface area contributed by atoms with Gasteiger partial charge in [-0.3, -0.25) is 0 Å². The summed E-state index contributed by atoms with van der Waals surface area (Å²) in [5.74, 6) is 1.34. The predicted octanol–water partition coefficient (Wildman–Crippen LogP) is 1.17. The maximum absolute atomic E-state index is 9.52.